The van der Waals surface area contributed by atoms with Crippen molar-refractivity contribution in [2.24, 2.45) is 0 Å². The van der Waals surface area contributed by atoms with Crippen LogP contribution in [0.4, 0.5) is 4.39 Å². The van der Waals surface area contributed by atoms with E-state index < -0.39 is 5.82 Å². The summed E-state index contributed by atoms with van der Waals surface area (Å²) in [6, 6.07) is 7.51. The summed E-state index contributed by atoms with van der Waals surface area (Å²) in [5, 5.41) is 2.87. The third kappa shape index (κ3) is 3.03. The lowest BCUT2D eigenvalue weighted by molar-refractivity contribution is -0.122. The van der Waals surface area contributed by atoms with E-state index in [1.807, 2.05) is 18.2 Å². The maximum Gasteiger partial charge on any atom is 0.223 e. The number of rotatable bonds is 2. The first kappa shape index (κ1) is 13.9. The van der Waals surface area contributed by atoms with E-state index in [2.05, 4.69) is 15.3 Å². The maximum atomic E-state index is 13.8. The first-order valence-electron chi connectivity index (χ1n) is 6.68. The van der Waals surface area contributed by atoms with Gasteiger partial charge < -0.3 is 5.32 Å². The predicted octanol–water partition coefficient (Wildman–Crippen LogP) is 2.93. The minimum Gasteiger partial charge on any atom is -0.355 e. The van der Waals surface area contributed by atoms with Crippen molar-refractivity contribution in [3.05, 3.63) is 47.1 Å². The summed E-state index contributed by atoms with van der Waals surface area (Å²) < 4.78 is 13.8. The Bertz CT molecular complexity index is 682. The molecule has 1 aromatic heterocycles. The Balaban J connectivity index is 1.93. The van der Waals surface area contributed by atoms with E-state index >= 15 is 0 Å². The number of hydrogen-bond donors (Lipinski definition) is 1. The highest BCUT2D eigenvalue weighted by atomic mass is 35.5. The van der Waals surface area contributed by atoms with Gasteiger partial charge in [0.2, 0.25) is 11.2 Å². The zero-order valence-corrected chi connectivity index (χ0v) is 11.9. The number of amides is 1. The van der Waals surface area contributed by atoms with Crippen LogP contribution in [0.5, 0.6) is 0 Å². The smallest absolute Gasteiger partial charge is 0.223 e. The Morgan fingerprint density at radius 3 is 3.00 bits per heavy atom. The molecule has 2 heterocycles. The Morgan fingerprint density at radius 2 is 2.24 bits per heavy atom. The monoisotopic (exact) mass is 305 g/mol. The van der Waals surface area contributed by atoms with Crippen LogP contribution < -0.4 is 5.32 Å². The molecule has 0 spiro atoms. The van der Waals surface area contributed by atoms with Crippen LogP contribution in [0.1, 0.15) is 24.3 Å². The number of aromatic nitrogens is 2. The van der Waals surface area contributed by atoms with E-state index in [9.17, 15) is 9.18 Å². The number of carbonyl (C=O) groups is 1. The van der Waals surface area contributed by atoms with Gasteiger partial charge in [0, 0.05) is 24.4 Å². The number of hydrogen-bond acceptors (Lipinski definition) is 3. The average molecular weight is 306 g/mol. The van der Waals surface area contributed by atoms with E-state index in [0.29, 0.717) is 18.5 Å². The molecule has 0 saturated carbocycles. The molecule has 0 bridgehead atoms. The van der Waals surface area contributed by atoms with Crippen molar-refractivity contribution in [2.75, 3.05) is 6.54 Å². The van der Waals surface area contributed by atoms with Crippen molar-refractivity contribution in [2.45, 2.75) is 18.8 Å². The van der Waals surface area contributed by atoms with Crippen LogP contribution in [0.15, 0.2) is 30.5 Å². The largest absolute Gasteiger partial charge is 0.355 e. The van der Waals surface area contributed by atoms with Crippen molar-refractivity contribution < 1.29 is 9.18 Å². The van der Waals surface area contributed by atoms with E-state index in [1.165, 1.54) is 0 Å². The van der Waals surface area contributed by atoms with Gasteiger partial charge in [-0.15, -0.1) is 0 Å². The Hall–Kier alpha value is -2.01. The average Bonchev–Trinajstić information content (AvgIpc) is 2.50. The molecule has 1 aromatic carbocycles. The lowest BCUT2D eigenvalue weighted by Crippen LogP contribution is -2.33. The molecule has 1 unspecified atom stereocenters. The van der Waals surface area contributed by atoms with Gasteiger partial charge in [-0.3, -0.25) is 4.79 Å². The summed E-state index contributed by atoms with van der Waals surface area (Å²) in [6.45, 7) is 0.606. The van der Waals surface area contributed by atoms with E-state index in [4.69, 9.17) is 11.6 Å². The van der Waals surface area contributed by atoms with E-state index in [1.54, 1.807) is 6.07 Å². The number of halogens is 2. The van der Waals surface area contributed by atoms with Gasteiger partial charge in [0.15, 0.2) is 5.82 Å². The zero-order chi connectivity index (χ0) is 14.8. The molecule has 1 atom stereocenters. The molecule has 3 rings (SSSR count). The van der Waals surface area contributed by atoms with E-state index in [0.717, 1.165) is 18.2 Å². The van der Waals surface area contributed by atoms with Crippen LogP contribution >= 0.6 is 11.6 Å². The van der Waals surface area contributed by atoms with Crippen LogP contribution in [0.3, 0.4) is 0 Å². The molecule has 1 fully saturated rings. The molecular weight excluding hydrogens is 293 g/mol. The highest BCUT2D eigenvalue weighted by Gasteiger charge is 2.20. The second-order valence-corrected chi connectivity index (χ2v) is 5.34. The quantitative estimate of drug-likeness (QED) is 0.868. The molecule has 2 aromatic rings. The zero-order valence-electron chi connectivity index (χ0n) is 11.1. The van der Waals surface area contributed by atoms with Gasteiger partial charge in [-0.1, -0.05) is 18.2 Å². The first-order valence-corrected chi connectivity index (χ1v) is 7.06. The number of benzene rings is 1. The molecule has 1 amide bonds. The SMILES string of the molecule is O=C1CCC(c2cccc(-c3nc(Cl)ncc3F)c2)CN1. The minimum absolute atomic E-state index is 0.0155. The molecule has 1 N–H and O–H groups in total. The molecular formula is C15H13ClFN3O. The number of nitrogens with one attached hydrogen (secondary N) is 1. The van der Waals surface area contributed by atoms with Gasteiger partial charge in [0.05, 0.1) is 6.20 Å². The summed E-state index contributed by atoms with van der Waals surface area (Å²) in [6.07, 6.45) is 2.38. The summed E-state index contributed by atoms with van der Waals surface area (Å²) in [5.74, 6) is -0.187. The number of nitrogens with zero attached hydrogens (tertiary/aromatic N) is 2. The fourth-order valence-electron chi connectivity index (χ4n) is 2.51. The highest BCUT2D eigenvalue weighted by molar-refractivity contribution is 6.28. The fourth-order valence-corrected chi connectivity index (χ4v) is 2.64. The van der Waals surface area contributed by atoms with E-state index in [-0.39, 0.29) is 22.8 Å². The Morgan fingerprint density at radius 1 is 1.38 bits per heavy atom. The van der Waals surface area contributed by atoms with Gasteiger partial charge in [-0.2, -0.15) is 0 Å². The lowest BCUT2D eigenvalue weighted by Gasteiger charge is -2.23. The molecule has 108 valence electrons. The van der Waals surface area contributed by atoms with Gasteiger partial charge in [0.1, 0.15) is 5.69 Å². The van der Waals surface area contributed by atoms with Gasteiger partial charge in [-0.05, 0) is 29.7 Å². The summed E-state index contributed by atoms with van der Waals surface area (Å²) in [4.78, 5) is 18.8. The predicted molar refractivity (Wildman–Crippen MR) is 77.4 cm³/mol. The van der Waals surface area contributed by atoms with Gasteiger partial charge >= 0.3 is 0 Å². The molecule has 1 aliphatic heterocycles. The second-order valence-electron chi connectivity index (χ2n) is 5.00. The molecule has 1 saturated heterocycles. The molecule has 0 radical (unpaired) electrons. The van der Waals surface area contributed by atoms with Crippen LogP contribution in [-0.4, -0.2) is 22.4 Å². The molecule has 4 nitrogen and oxygen atoms in total. The normalized spacial score (nSPS) is 18.4. The molecule has 21 heavy (non-hydrogen) atoms. The van der Waals surface area contributed by atoms with Crippen LogP contribution in [0.2, 0.25) is 5.28 Å². The third-order valence-corrected chi connectivity index (χ3v) is 3.79. The lowest BCUT2D eigenvalue weighted by atomic mass is 9.90. The summed E-state index contributed by atoms with van der Waals surface area (Å²) in [7, 11) is 0. The van der Waals surface area contributed by atoms with Crippen LogP contribution in [0, 0.1) is 5.82 Å². The first-order chi connectivity index (χ1) is 10.1. The molecule has 0 aliphatic carbocycles. The molecule has 6 heteroatoms. The fraction of sp³-hybridized carbons (Fsp3) is 0.267. The number of piperidine rings is 1. The third-order valence-electron chi connectivity index (χ3n) is 3.61. The molecule has 1 aliphatic rings. The standard InChI is InChI=1S/C15H13ClFN3O/c16-15-19-8-12(17)14(20-15)10-3-1-2-9(6-10)11-4-5-13(21)18-7-11/h1-3,6,8,11H,4-5,7H2,(H,18,21). The summed E-state index contributed by atoms with van der Waals surface area (Å²) >= 11 is 5.73. The van der Waals surface area contributed by atoms with Crippen molar-refractivity contribution in [1.29, 1.82) is 0 Å². The maximum absolute atomic E-state index is 13.8. The van der Waals surface area contributed by atoms with Gasteiger partial charge in [-0.25, -0.2) is 14.4 Å². The van der Waals surface area contributed by atoms with Crippen LogP contribution in [-0.2, 0) is 4.79 Å². The Labute approximate surface area is 126 Å². The number of carbonyl (C=O) groups excluding carboxylic acids is 1. The van der Waals surface area contributed by atoms with Crippen molar-refractivity contribution in [1.82, 2.24) is 15.3 Å². The second kappa shape index (κ2) is 5.77. The Kier molecular flexibility index (Phi) is 3.84. The van der Waals surface area contributed by atoms with Gasteiger partial charge in [0.25, 0.3) is 0 Å². The topological polar surface area (TPSA) is 54.9 Å². The summed E-state index contributed by atoms with van der Waals surface area (Å²) in [5.41, 5.74) is 1.91. The highest BCUT2D eigenvalue weighted by Crippen LogP contribution is 2.28. The van der Waals surface area contributed by atoms with Crippen molar-refractivity contribution >= 4 is 17.5 Å². The van der Waals surface area contributed by atoms with Crippen molar-refractivity contribution in [3.8, 4) is 11.3 Å². The minimum atomic E-state index is -0.506. The van der Waals surface area contributed by atoms with Crippen LogP contribution in [0.25, 0.3) is 11.3 Å². The van der Waals surface area contributed by atoms with Crippen molar-refractivity contribution in [3.63, 3.8) is 0 Å².